The van der Waals surface area contributed by atoms with E-state index in [1.807, 2.05) is 6.92 Å². The molecule has 2 aromatic rings. The molecule has 0 aromatic heterocycles. The summed E-state index contributed by atoms with van der Waals surface area (Å²) in [6.07, 6.45) is 0. The monoisotopic (exact) mass is 313 g/mol. The van der Waals surface area contributed by atoms with Gasteiger partial charge in [-0.1, -0.05) is 29.8 Å². The number of nitrogens with one attached hydrogen (secondary N) is 1. The first kappa shape index (κ1) is 16.9. The molecule has 0 saturated heterocycles. The molecular weight excluding hydrogens is 290 g/mol. The van der Waals surface area contributed by atoms with Crippen molar-refractivity contribution < 1.29 is 14.3 Å². The zero-order chi connectivity index (χ0) is 17.0. The summed E-state index contributed by atoms with van der Waals surface area (Å²) in [6, 6.07) is 11.4. The number of methoxy groups -OCH3 is 2. The second kappa shape index (κ2) is 7.18. The smallest absolute Gasteiger partial charge is 0.259 e. The number of carbonyl (C=O) groups excluding carboxylic acids is 1. The Hall–Kier alpha value is -2.49. The number of hydrogen-bond donors (Lipinski definition) is 1. The Morgan fingerprint density at radius 1 is 1.04 bits per heavy atom. The van der Waals surface area contributed by atoms with Crippen LogP contribution in [0.4, 0.5) is 0 Å². The molecule has 0 aliphatic rings. The van der Waals surface area contributed by atoms with E-state index in [1.165, 1.54) is 5.56 Å². The van der Waals surface area contributed by atoms with Crippen molar-refractivity contribution in [1.82, 2.24) is 5.32 Å². The Morgan fingerprint density at radius 2 is 1.65 bits per heavy atom. The molecule has 0 spiro atoms. The molecule has 4 nitrogen and oxygen atoms in total. The zero-order valence-electron chi connectivity index (χ0n) is 14.3. The first-order valence-corrected chi connectivity index (χ1v) is 7.57. The summed E-state index contributed by atoms with van der Waals surface area (Å²) in [6.45, 7) is 6.08. The molecule has 0 heterocycles. The largest absolute Gasteiger partial charge is 0.496 e. The molecule has 0 fully saturated rings. The first-order chi connectivity index (χ1) is 11.0. The standard InChI is InChI=1S/C19H23NO3/c1-12-9-10-15(13(2)11-12)14(3)20-19(21)18-16(22-4)7-6-8-17(18)23-5/h6-11,14H,1-5H3,(H,20,21)/t14-/m1/s1. The molecule has 23 heavy (non-hydrogen) atoms. The SMILES string of the molecule is COc1cccc(OC)c1C(=O)N[C@H](C)c1ccc(C)cc1C. The van der Waals surface area contributed by atoms with Gasteiger partial charge in [0.05, 0.1) is 20.3 Å². The minimum absolute atomic E-state index is 0.113. The third-order valence-corrected chi connectivity index (χ3v) is 3.89. The lowest BCUT2D eigenvalue weighted by Gasteiger charge is -2.19. The van der Waals surface area contributed by atoms with Crippen LogP contribution < -0.4 is 14.8 Å². The minimum atomic E-state index is -0.216. The van der Waals surface area contributed by atoms with Gasteiger partial charge in [0, 0.05) is 0 Å². The highest BCUT2D eigenvalue weighted by atomic mass is 16.5. The van der Waals surface area contributed by atoms with Crippen molar-refractivity contribution in [3.8, 4) is 11.5 Å². The van der Waals surface area contributed by atoms with Crippen molar-refractivity contribution in [2.75, 3.05) is 14.2 Å². The maximum Gasteiger partial charge on any atom is 0.259 e. The normalized spacial score (nSPS) is 11.7. The lowest BCUT2D eigenvalue weighted by atomic mass is 10.00. The van der Waals surface area contributed by atoms with E-state index >= 15 is 0 Å². The highest BCUT2D eigenvalue weighted by Crippen LogP contribution is 2.29. The van der Waals surface area contributed by atoms with Crippen LogP contribution in [0.2, 0.25) is 0 Å². The van der Waals surface area contributed by atoms with Gasteiger partial charge in [0.2, 0.25) is 0 Å². The molecule has 2 rings (SSSR count). The highest BCUT2D eigenvalue weighted by molar-refractivity contribution is 6.00. The van der Waals surface area contributed by atoms with E-state index in [9.17, 15) is 4.79 Å². The topological polar surface area (TPSA) is 47.6 Å². The molecule has 4 heteroatoms. The Bertz CT molecular complexity index is 688. The molecule has 0 aliphatic carbocycles. The quantitative estimate of drug-likeness (QED) is 0.913. The van der Waals surface area contributed by atoms with Crippen molar-refractivity contribution in [3.63, 3.8) is 0 Å². The molecule has 0 unspecified atom stereocenters. The molecular formula is C19H23NO3. The van der Waals surface area contributed by atoms with Gasteiger partial charge < -0.3 is 14.8 Å². The maximum atomic E-state index is 12.7. The minimum Gasteiger partial charge on any atom is -0.496 e. The lowest BCUT2D eigenvalue weighted by Crippen LogP contribution is -2.28. The van der Waals surface area contributed by atoms with E-state index in [-0.39, 0.29) is 11.9 Å². The van der Waals surface area contributed by atoms with Crippen molar-refractivity contribution in [2.24, 2.45) is 0 Å². The summed E-state index contributed by atoms with van der Waals surface area (Å²) in [5, 5.41) is 3.02. The van der Waals surface area contributed by atoms with Crippen LogP contribution in [0.3, 0.4) is 0 Å². The van der Waals surface area contributed by atoms with Gasteiger partial charge in [-0.25, -0.2) is 0 Å². The van der Waals surface area contributed by atoms with E-state index < -0.39 is 0 Å². The summed E-state index contributed by atoms with van der Waals surface area (Å²) >= 11 is 0. The van der Waals surface area contributed by atoms with Crippen LogP contribution in [0.1, 0.15) is 40.0 Å². The Kier molecular flexibility index (Phi) is 5.27. The molecule has 1 atom stereocenters. The van der Waals surface area contributed by atoms with E-state index in [4.69, 9.17) is 9.47 Å². The summed E-state index contributed by atoms with van der Waals surface area (Å²) in [5.74, 6) is 0.774. The Balaban J connectivity index is 2.28. The van der Waals surface area contributed by atoms with Crippen LogP contribution in [-0.4, -0.2) is 20.1 Å². The van der Waals surface area contributed by atoms with Crippen LogP contribution in [0.15, 0.2) is 36.4 Å². The van der Waals surface area contributed by atoms with E-state index in [1.54, 1.807) is 32.4 Å². The second-order valence-corrected chi connectivity index (χ2v) is 5.59. The average molecular weight is 313 g/mol. The number of carbonyl (C=O) groups is 1. The van der Waals surface area contributed by atoms with E-state index in [0.717, 1.165) is 11.1 Å². The van der Waals surface area contributed by atoms with Gasteiger partial charge in [0.1, 0.15) is 17.1 Å². The summed E-state index contributed by atoms with van der Waals surface area (Å²) in [5.41, 5.74) is 3.87. The molecule has 1 amide bonds. The average Bonchev–Trinajstić information content (AvgIpc) is 2.53. The van der Waals surface area contributed by atoms with Crippen molar-refractivity contribution >= 4 is 5.91 Å². The Labute approximate surface area is 137 Å². The van der Waals surface area contributed by atoms with Gasteiger partial charge in [-0.2, -0.15) is 0 Å². The van der Waals surface area contributed by atoms with Gasteiger partial charge in [-0.3, -0.25) is 4.79 Å². The van der Waals surface area contributed by atoms with Crippen molar-refractivity contribution in [2.45, 2.75) is 26.8 Å². The molecule has 122 valence electrons. The second-order valence-electron chi connectivity index (χ2n) is 5.59. The van der Waals surface area contributed by atoms with Gasteiger partial charge in [0.25, 0.3) is 5.91 Å². The predicted octanol–water partition coefficient (Wildman–Crippen LogP) is 3.81. The first-order valence-electron chi connectivity index (χ1n) is 7.57. The zero-order valence-corrected chi connectivity index (χ0v) is 14.3. The van der Waals surface area contributed by atoms with Crippen LogP contribution in [-0.2, 0) is 0 Å². The van der Waals surface area contributed by atoms with Gasteiger partial charge in [-0.15, -0.1) is 0 Å². The van der Waals surface area contributed by atoms with Gasteiger partial charge in [-0.05, 0) is 44.0 Å². The summed E-state index contributed by atoms with van der Waals surface area (Å²) < 4.78 is 10.6. The summed E-state index contributed by atoms with van der Waals surface area (Å²) in [7, 11) is 3.08. The molecule has 1 N–H and O–H groups in total. The number of ether oxygens (including phenoxy) is 2. The van der Waals surface area contributed by atoms with Crippen LogP contribution >= 0.6 is 0 Å². The third kappa shape index (κ3) is 3.65. The summed E-state index contributed by atoms with van der Waals surface area (Å²) in [4.78, 5) is 12.7. The number of benzene rings is 2. The van der Waals surface area contributed by atoms with Crippen LogP contribution in [0, 0.1) is 13.8 Å². The fourth-order valence-electron chi connectivity index (χ4n) is 2.73. The molecule has 0 radical (unpaired) electrons. The maximum absolute atomic E-state index is 12.7. The van der Waals surface area contributed by atoms with Gasteiger partial charge in [0.15, 0.2) is 0 Å². The third-order valence-electron chi connectivity index (χ3n) is 3.89. The van der Waals surface area contributed by atoms with E-state index in [2.05, 4.69) is 37.4 Å². The predicted molar refractivity (Wildman–Crippen MR) is 91.3 cm³/mol. The molecule has 0 aliphatic heterocycles. The highest BCUT2D eigenvalue weighted by Gasteiger charge is 2.20. The van der Waals surface area contributed by atoms with Crippen LogP contribution in [0.5, 0.6) is 11.5 Å². The van der Waals surface area contributed by atoms with Crippen LogP contribution in [0.25, 0.3) is 0 Å². The number of amides is 1. The lowest BCUT2D eigenvalue weighted by molar-refractivity contribution is 0.0933. The fourth-order valence-corrected chi connectivity index (χ4v) is 2.73. The number of hydrogen-bond acceptors (Lipinski definition) is 3. The van der Waals surface area contributed by atoms with Crippen molar-refractivity contribution in [3.05, 3.63) is 58.7 Å². The van der Waals surface area contributed by atoms with Crippen molar-refractivity contribution in [1.29, 1.82) is 0 Å². The number of aryl methyl sites for hydroxylation is 2. The molecule has 0 bridgehead atoms. The fraction of sp³-hybridized carbons (Fsp3) is 0.316. The van der Waals surface area contributed by atoms with Gasteiger partial charge >= 0.3 is 0 Å². The molecule has 0 saturated carbocycles. The molecule has 2 aromatic carbocycles. The number of rotatable bonds is 5. The Morgan fingerprint density at radius 3 is 2.17 bits per heavy atom. The van der Waals surface area contributed by atoms with E-state index in [0.29, 0.717) is 17.1 Å².